The molecule has 0 saturated carbocycles. The summed E-state index contributed by atoms with van der Waals surface area (Å²) in [6.45, 7) is 4.71. The summed E-state index contributed by atoms with van der Waals surface area (Å²) in [5, 5.41) is 3.51. The van der Waals surface area contributed by atoms with Crippen molar-refractivity contribution < 1.29 is 0 Å². The van der Waals surface area contributed by atoms with Crippen LogP contribution in [-0.2, 0) is 0 Å². The summed E-state index contributed by atoms with van der Waals surface area (Å²) in [5.74, 6) is 1.32. The van der Waals surface area contributed by atoms with Gasteiger partial charge in [0.25, 0.3) is 0 Å². The second-order valence-corrected chi connectivity index (χ2v) is 4.85. The van der Waals surface area contributed by atoms with Crippen LogP contribution in [0.5, 0.6) is 0 Å². The van der Waals surface area contributed by atoms with E-state index in [0.717, 1.165) is 0 Å². The van der Waals surface area contributed by atoms with Gasteiger partial charge in [-0.15, -0.1) is 0 Å². The number of rotatable bonds is 11. The van der Waals surface area contributed by atoms with E-state index in [2.05, 4.69) is 18.5 Å². The van der Waals surface area contributed by atoms with Crippen LogP contribution < -0.4 is 5.32 Å². The second kappa shape index (κ2) is 13.3. The number of thioether (sulfide) groups is 1. The van der Waals surface area contributed by atoms with E-state index in [1.807, 2.05) is 11.8 Å². The average Bonchev–Trinajstić information content (AvgIpc) is 2.21. The summed E-state index contributed by atoms with van der Waals surface area (Å²) in [7, 11) is 0. The third-order valence-electron chi connectivity index (χ3n) is 2.41. The molecule has 2 heteroatoms. The Balaban J connectivity index is 2.78. The summed E-state index contributed by atoms with van der Waals surface area (Å²) >= 11 is 1.95. The monoisotopic (exact) mass is 217 g/mol. The molecule has 0 aromatic rings. The molecular weight excluding hydrogens is 190 g/mol. The molecule has 0 aliphatic rings. The maximum atomic E-state index is 3.51. The second-order valence-electron chi connectivity index (χ2n) is 3.86. The van der Waals surface area contributed by atoms with Crippen molar-refractivity contribution in [3.05, 3.63) is 0 Å². The zero-order chi connectivity index (χ0) is 10.5. The minimum Gasteiger partial charge on any atom is -0.317 e. The molecule has 0 aromatic carbocycles. The van der Waals surface area contributed by atoms with Crippen LogP contribution in [0.2, 0.25) is 0 Å². The molecule has 1 N–H and O–H groups in total. The SMILES string of the molecule is CCCCCCCNCCCCSC. The summed E-state index contributed by atoms with van der Waals surface area (Å²) < 4.78 is 0. The summed E-state index contributed by atoms with van der Waals surface area (Å²) in [4.78, 5) is 0. The van der Waals surface area contributed by atoms with E-state index >= 15 is 0 Å². The summed E-state index contributed by atoms with van der Waals surface area (Å²) in [6, 6.07) is 0. The Hall–Kier alpha value is 0.310. The third kappa shape index (κ3) is 12.3. The molecule has 0 unspecified atom stereocenters. The molecule has 0 heterocycles. The molecule has 0 bridgehead atoms. The van der Waals surface area contributed by atoms with Crippen molar-refractivity contribution >= 4 is 11.8 Å². The Kier molecular flexibility index (Phi) is 13.6. The van der Waals surface area contributed by atoms with Gasteiger partial charge < -0.3 is 5.32 Å². The molecule has 0 aliphatic heterocycles. The molecule has 1 nitrogen and oxygen atoms in total. The van der Waals surface area contributed by atoms with E-state index in [1.165, 1.54) is 63.8 Å². The molecule has 0 radical (unpaired) electrons. The molecule has 0 spiro atoms. The predicted octanol–water partition coefficient (Wildman–Crippen LogP) is 3.69. The maximum Gasteiger partial charge on any atom is -0.00486 e. The number of hydrogen-bond acceptors (Lipinski definition) is 2. The van der Waals surface area contributed by atoms with Gasteiger partial charge in [-0.2, -0.15) is 11.8 Å². The lowest BCUT2D eigenvalue weighted by Crippen LogP contribution is -2.16. The molecular formula is C12H27NS. The fourth-order valence-corrected chi connectivity index (χ4v) is 1.97. The number of hydrogen-bond donors (Lipinski definition) is 1. The maximum absolute atomic E-state index is 3.51. The topological polar surface area (TPSA) is 12.0 Å². The zero-order valence-corrected chi connectivity index (χ0v) is 10.8. The fraction of sp³-hybridized carbons (Fsp3) is 1.00. The molecule has 0 amide bonds. The van der Waals surface area contributed by atoms with Crippen LogP contribution in [0.15, 0.2) is 0 Å². The zero-order valence-electron chi connectivity index (χ0n) is 9.98. The first-order valence-corrected chi connectivity index (χ1v) is 7.50. The fourth-order valence-electron chi connectivity index (χ4n) is 1.47. The quantitative estimate of drug-likeness (QED) is 0.530. The van der Waals surface area contributed by atoms with E-state index in [1.54, 1.807) is 0 Å². The molecule has 0 saturated heterocycles. The smallest absolute Gasteiger partial charge is 0.00486 e. The van der Waals surface area contributed by atoms with Crippen molar-refractivity contribution in [3.63, 3.8) is 0 Å². The Labute approximate surface area is 94.4 Å². The van der Waals surface area contributed by atoms with E-state index < -0.39 is 0 Å². The van der Waals surface area contributed by atoms with Crippen molar-refractivity contribution in [2.45, 2.75) is 51.9 Å². The first kappa shape index (κ1) is 14.3. The summed E-state index contributed by atoms with van der Waals surface area (Å²) in [5.41, 5.74) is 0. The van der Waals surface area contributed by atoms with E-state index in [-0.39, 0.29) is 0 Å². The van der Waals surface area contributed by atoms with Gasteiger partial charge in [0.15, 0.2) is 0 Å². The lowest BCUT2D eigenvalue weighted by molar-refractivity contribution is 0.572. The minimum atomic E-state index is 1.22. The van der Waals surface area contributed by atoms with Crippen LogP contribution in [0.1, 0.15) is 51.9 Å². The van der Waals surface area contributed by atoms with Crippen LogP contribution in [0, 0.1) is 0 Å². The van der Waals surface area contributed by atoms with Gasteiger partial charge in [-0.3, -0.25) is 0 Å². The highest BCUT2D eigenvalue weighted by Crippen LogP contribution is 2.01. The average molecular weight is 217 g/mol. The normalized spacial score (nSPS) is 10.7. The Morgan fingerprint density at radius 2 is 1.50 bits per heavy atom. The van der Waals surface area contributed by atoms with Crippen molar-refractivity contribution in [2.75, 3.05) is 25.1 Å². The van der Waals surface area contributed by atoms with Crippen LogP contribution >= 0.6 is 11.8 Å². The molecule has 86 valence electrons. The molecule has 0 rings (SSSR count). The summed E-state index contributed by atoms with van der Waals surface area (Å²) in [6.07, 6.45) is 11.8. The van der Waals surface area contributed by atoms with Gasteiger partial charge in [-0.05, 0) is 44.4 Å². The largest absolute Gasteiger partial charge is 0.317 e. The standard InChI is InChI=1S/C12H27NS/c1-3-4-5-6-7-10-13-11-8-9-12-14-2/h13H,3-12H2,1-2H3. The van der Waals surface area contributed by atoms with Crippen LogP contribution in [0.25, 0.3) is 0 Å². The lowest BCUT2D eigenvalue weighted by atomic mass is 10.1. The molecule has 0 fully saturated rings. The van der Waals surface area contributed by atoms with E-state index in [0.29, 0.717) is 0 Å². The van der Waals surface area contributed by atoms with Crippen molar-refractivity contribution in [3.8, 4) is 0 Å². The van der Waals surface area contributed by atoms with Gasteiger partial charge in [-0.1, -0.05) is 32.6 Å². The van der Waals surface area contributed by atoms with Crippen molar-refractivity contribution in [2.24, 2.45) is 0 Å². The van der Waals surface area contributed by atoms with Gasteiger partial charge >= 0.3 is 0 Å². The predicted molar refractivity (Wildman–Crippen MR) is 69.2 cm³/mol. The molecule has 14 heavy (non-hydrogen) atoms. The first-order valence-electron chi connectivity index (χ1n) is 6.11. The van der Waals surface area contributed by atoms with Crippen LogP contribution in [0.3, 0.4) is 0 Å². The van der Waals surface area contributed by atoms with Gasteiger partial charge in [0.2, 0.25) is 0 Å². The van der Waals surface area contributed by atoms with Gasteiger partial charge in [0.05, 0.1) is 0 Å². The van der Waals surface area contributed by atoms with Crippen LogP contribution in [-0.4, -0.2) is 25.1 Å². The van der Waals surface area contributed by atoms with Gasteiger partial charge in [0, 0.05) is 0 Å². The Bertz CT molecular complexity index is 84.3. The van der Waals surface area contributed by atoms with Gasteiger partial charge in [0.1, 0.15) is 0 Å². The number of unbranched alkanes of at least 4 members (excludes halogenated alkanes) is 5. The molecule has 0 atom stereocenters. The lowest BCUT2D eigenvalue weighted by Gasteiger charge is -2.03. The Morgan fingerprint density at radius 3 is 2.14 bits per heavy atom. The van der Waals surface area contributed by atoms with E-state index in [9.17, 15) is 0 Å². The van der Waals surface area contributed by atoms with E-state index in [4.69, 9.17) is 0 Å². The van der Waals surface area contributed by atoms with Gasteiger partial charge in [-0.25, -0.2) is 0 Å². The van der Waals surface area contributed by atoms with Crippen molar-refractivity contribution in [1.82, 2.24) is 5.32 Å². The molecule has 0 aliphatic carbocycles. The minimum absolute atomic E-state index is 1.22. The first-order chi connectivity index (χ1) is 6.91. The highest BCUT2D eigenvalue weighted by Gasteiger charge is 1.90. The third-order valence-corrected chi connectivity index (χ3v) is 3.11. The van der Waals surface area contributed by atoms with Crippen LogP contribution in [0.4, 0.5) is 0 Å². The Morgan fingerprint density at radius 1 is 0.857 bits per heavy atom. The highest BCUT2D eigenvalue weighted by atomic mass is 32.2. The molecule has 0 aromatic heterocycles. The highest BCUT2D eigenvalue weighted by molar-refractivity contribution is 7.98. The van der Waals surface area contributed by atoms with Crippen molar-refractivity contribution in [1.29, 1.82) is 0 Å². The number of nitrogens with one attached hydrogen (secondary N) is 1.